The van der Waals surface area contributed by atoms with Crippen LogP contribution in [0.4, 0.5) is 5.82 Å². The molecule has 150 valence electrons. The molecule has 5 rings (SSSR count). The normalized spacial score (nSPS) is 23.3. The van der Waals surface area contributed by atoms with Gasteiger partial charge in [0.1, 0.15) is 11.6 Å². The van der Waals surface area contributed by atoms with Gasteiger partial charge in [0.05, 0.1) is 11.4 Å². The summed E-state index contributed by atoms with van der Waals surface area (Å²) in [4.78, 5) is 0. The number of aromatic nitrogens is 3. The zero-order chi connectivity index (χ0) is 19.8. The maximum absolute atomic E-state index is 10.5. The molecule has 0 radical (unpaired) electrons. The molecule has 0 amide bonds. The zero-order valence-electron chi connectivity index (χ0n) is 16.4. The van der Waals surface area contributed by atoms with Crippen molar-refractivity contribution in [2.45, 2.75) is 44.7 Å². The number of hydrogen-bond acceptors (Lipinski definition) is 7. The molecule has 0 aliphatic carbocycles. The minimum atomic E-state index is 0.136. The Morgan fingerprint density at radius 1 is 1.10 bits per heavy atom. The number of rotatable bonds is 5. The Hall–Kier alpha value is -2.93. The van der Waals surface area contributed by atoms with Crippen LogP contribution >= 0.6 is 0 Å². The highest BCUT2D eigenvalue weighted by Gasteiger charge is 2.33. The van der Waals surface area contributed by atoms with Gasteiger partial charge in [-0.3, -0.25) is 0 Å². The quantitative estimate of drug-likeness (QED) is 0.609. The Kier molecular flexibility index (Phi) is 4.67. The molecule has 7 heteroatoms. The van der Waals surface area contributed by atoms with Crippen molar-refractivity contribution in [2.75, 3.05) is 11.9 Å². The molecule has 2 bridgehead atoms. The van der Waals surface area contributed by atoms with Gasteiger partial charge in [0.25, 0.3) is 0 Å². The van der Waals surface area contributed by atoms with Gasteiger partial charge in [0.15, 0.2) is 5.76 Å². The topological polar surface area (TPSA) is 96.1 Å². The van der Waals surface area contributed by atoms with Gasteiger partial charge in [-0.05, 0) is 62.8 Å². The van der Waals surface area contributed by atoms with Crippen LogP contribution in [-0.4, -0.2) is 39.1 Å². The Labute approximate surface area is 169 Å². The largest absolute Gasteiger partial charge is 0.507 e. The van der Waals surface area contributed by atoms with Crippen molar-refractivity contribution in [2.24, 2.45) is 5.92 Å². The first kappa shape index (κ1) is 18.1. The molecule has 0 spiro atoms. The first-order valence-corrected chi connectivity index (χ1v) is 10.2. The van der Waals surface area contributed by atoms with Crippen molar-refractivity contribution in [3.63, 3.8) is 0 Å². The van der Waals surface area contributed by atoms with Crippen molar-refractivity contribution < 1.29 is 9.63 Å². The van der Waals surface area contributed by atoms with Crippen molar-refractivity contribution >= 4 is 5.82 Å². The van der Waals surface area contributed by atoms with Crippen molar-refractivity contribution in [1.29, 1.82) is 0 Å². The fourth-order valence-electron chi connectivity index (χ4n) is 4.56. The molecule has 4 heterocycles. The molecule has 2 unspecified atom stereocenters. The number of nitrogens with zero attached hydrogens (tertiary/aromatic N) is 3. The van der Waals surface area contributed by atoms with Crippen LogP contribution in [0, 0.1) is 12.8 Å². The van der Waals surface area contributed by atoms with Gasteiger partial charge in [-0.1, -0.05) is 11.2 Å². The monoisotopic (exact) mass is 391 g/mol. The summed E-state index contributed by atoms with van der Waals surface area (Å²) in [6, 6.07) is 12.4. The fraction of sp³-hybridized carbons (Fsp3) is 0.409. The smallest absolute Gasteiger partial charge is 0.167 e. The van der Waals surface area contributed by atoms with Gasteiger partial charge in [0, 0.05) is 35.8 Å². The van der Waals surface area contributed by atoms with E-state index in [-0.39, 0.29) is 5.75 Å². The van der Waals surface area contributed by atoms with Crippen LogP contribution in [0.2, 0.25) is 0 Å². The number of anilines is 1. The van der Waals surface area contributed by atoms with Crippen LogP contribution in [0.25, 0.3) is 22.6 Å². The lowest BCUT2D eigenvalue weighted by molar-refractivity contribution is 0.311. The summed E-state index contributed by atoms with van der Waals surface area (Å²) in [6.45, 7) is 2.79. The van der Waals surface area contributed by atoms with E-state index in [9.17, 15) is 5.11 Å². The summed E-state index contributed by atoms with van der Waals surface area (Å²) in [6.07, 6.45) is 5.10. The molecule has 7 nitrogen and oxygen atoms in total. The molecule has 3 N–H and O–H groups in total. The number of phenolic OH excluding ortho intramolecular Hbond substituents is 1. The number of phenols is 1. The lowest BCUT2D eigenvalue weighted by Gasteiger charge is -2.29. The van der Waals surface area contributed by atoms with E-state index in [0.29, 0.717) is 35.0 Å². The van der Waals surface area contributed by atoms with E-state index in [0.717, 1.165) is 23.6 Å². The summed E-state index contributed by atoms with van der Waals surface area (Å²) < 4.78 is 5.26. The second-order valence-electron chi connectivity index (χ2n) is 8.22. The number of benzene rings is 1. The maximum atomic E-state index is 10.5. The third kappa shape index (κ3) is 3.82. The van der Waals surface area contributed by atoms with Gasteiger partial charge < -0.3 is 20.3 Å². The Balaban J connectivity index is 1.25. The lowest BCUT2D eigenvalue weighted by Crippen LogP contribution is -2.40. The number of aromatic hydroxyl groups is 1. The van der Waals surface area contributed by atoms with Crippen molar-refractivity contribution in [3.8, 4) is 28.3 Å². The molecule has 0 saturated carbocycles. The molecular weight excluding hydrogens is 366 g/mol. The molecule has 2 fully saturated rings. The van der Waals surface area contributed by atoms with E-state index in [1.165, 1.54) is 25.7 Å². The maximum Gasteiger partial charge on any atom is 0.167 e. The molecule has 2 atom stereocenters. The second-order valence-corrected chi connectivity index (χ2v) is 8.22. The van der Waals surface area contributed by atoms with E-state index >= 15 is 0 Å². The van der Waals surface area contributed by atoms with Crippen molar-refractivity contribution in [1.82, 2.24) is 20.7 Å². The molecular formula is C22H25N5O2. The zero-order valence-corrected chi connectivity index (χ0v) is 16.4. The van der Waals surface area contributed by atoms with Crippen LogP contribution in [0.5, 0.6) is 5.75 Å². The second kappa shape index (κ2) is 7.48. The summed E-state index contributed by atoms with van der Waals surface area (Å²) in [7, 11) is 0. The molecule has 2 saturated heterocycles. The van der Waals surface area contributed by atoms with Gasteiger partial charge in [-0.25, -0.2) is 0 Å². The van der Waals surface area contributed by atoms with E-state index < -0.39 is 0 Å². The predicted octanol–water partition coefficient (Wildman–Crippen LogP) is 3.76. The van der Waals surface area contributed by atoms with E-state index in [2.05, 4.69) is 26.0 Å². The Bertz CT molecular complexity index is 989. The van der Waals surface area contributed by atoms with E-state index in [4.69, 9.17) is 4.52 Å². The van der Waals surface area contributed by atoms with Gasteiger partial charge in [-0.2, -0.15) is 0 Å². The number of fused-ring (bicyclic) bond motifs is 2. The average Bonchev–Trinajstić information content (AvgIpc) is 3.31. The summed E-state index contributed by atoms with van der Waals surface area (Å²) >= 11 is 0. The van der Waals surface area contributed by atoms with E-state index in [1.807, 2.05) is 37.3 Å². The highest BCUT2D eigenvalue weighted by atomic mass is 16.5. The summed E-state index contributed by atoms with van der Waals surface area (Å²) in [5.74, 6) is 2.22. The van der Waals surface area contributed by atoms with Crippen LogP contribution < -0.4 is 10.6 Å². The third-order valence-electron chi connectivity index (χ3n) is 5.99. The number of aryl methyl sites for hydroxylation is 1. The van der Waals surface area contributed by atoms with E-state index in [1.54, 1.807) is 6.07 Å². The van der Waals surface area contributed by atoms with Crippen LogP contribution in [0.15, 0.2) is 40.9 Å². The Morgan fingerprint density at radius 2 is 1.93 bits per heavy atom. The fourth-order valence-corrected chi connectivity index (χ4v) is 4.56. The molecule has 2 aliphatic rings. The molecule has 1 aromatic carbocycles. The number of nitrogens with one attached hydrogen (secondary N) is 2. The SMILES string of the molecule is Cc1cc(-c2ccc(-c3ccc(NCC4CC5CCC(C4)N5)nn3)c(O)c2)on1. The highest BCUT2D eigenvalue weighted by molar-refractivity contribution is 5.72. The first-order valence-electron chi connectivity index (χ1n) is 10.2. The first-order chi connectivity index (χ1) is 14.1. The average molecular weight is 391 g/mol. The summed E-state index contributed by atoms with van der Waals surface area (Å²) in [5, 5.41) is 30.1. The van der Waals surface area contributed by atoms with Crippen molar-refractivity contribution in [3.05, 3.63) is 42.1 Å². The summed E-state index contributed by atoms with van der Waals surface area (Å²) in [5.41, 5.74) is 2.84. The molecule has 29 heavy (non-hydrogen) atoms. The molecule has 2 aromatic heterocycles. The Morgan fingerprint density at radius 3 is 2.59 bits per heavy atom. The van der Waals surface area contributed by atoms with Gasteiger partial charge >= 0.3 is 0 Å². The third-order valence-corrected chi connectivity index (χ3v) is 5.99. The van der Waals surface area contributed by atoms with Crippen LogP contribution in [-0.2, 0) is 0 Å². The minimum Gasteiger partial charge on any atom is -0.507 e. The standard InChI is InChI=1S/C22H25N5O2/c1-13-8-21(29-27-13)15-2-5-18(20(28)11-15)19-6-7-22(26-25-19)23-12-14-9-16-3-4-17(10-14)24-16/h2,5-8,11,14,16-17,24,28H,3-4,9-10,12H2,1H3,(H,23,26). The van der Waals surface area contributed by atoms with Crippen LogP contribution in [0.1, 0.15) is 31.4 Å². The van der Waals surface area contributed by atoms with Gasteiger partial charge in [-0.15, -0.1) is 10.2 Å². The highest BCUT2D eigenvalue weighted by Crippen LogP contribution is 2.33. The number of hydrogen-bond donors (Lipinski definition) is 3. The minimum absolute atomic E-state index is 0.136. The number of piperidine rings is 1. The molecule has 2 aliphatic heterocycles. The molecule has 3 aromatic rings. The lowest BCUT2D eigenvalue weighted by atomic mass is 9.92. The predicted molar refractivity (Wildman–Crippen MR) is 111 cm³/mol. The van der Waals surface area contributed by atoms with Gasteiger partial charge in [0.2, 0.25) is 0 Å². The van der Waals surface area contributed by atoms with Crippen LogP contribution in [0.3, 0.4) is 0 Å².